The largest absolute Gasteiger partial charge is 0.326 e. The van der Waals surface area contributed by atoms with Crippen molar-refractivity contribution in [2.45, 2.75) is 13.5 Å². The van der Waals surface area contributed by atoms with E-state index >= 15 is 0 Å². The highest BCUT2D eigenvalue weighted by atomic mass is 32.1. The van der Waals surface area contributed by atoms with Crippen molar-refractivity contribution in [3.8, 4) is 11.3 Å². The van der Waals surface area contributed by atoms with E-state index in [2.05, 4.69) is 9.59 Å². The zero-order valence-corrected chi connectivity index (χ0v) is 9.01. The minimum absolute atomic E-state index is 0.233. The normalized spacial score (nSPS) is 10.6. The molecule has 0 aliphatic carbocycles. The summed E-state index contributed by atoms with van der Waals surface area (Å²) in [6.45, 7) is 2.10. The van der Waals surface area contributed by atoms with Crippen LogP contribution in [-0.4, -0.2) is 9.59 Å². The zero-order chi connectivity index (χ0) is 10.8. The molecule has 1 aromatic carbocycles. The predicted molar refractivity (Wildman–Crippen MR) is 57.9 cm³/mol. The molecule has 0 spiro atoms. The Morgan fingerprint density at radius 2 is 2.27 bits per heavy atom. The first-order chi connectivity index (χ1) is 7.22. The van der Waals surface area contributed by atoms with Crippen molar-refractivity contribution in [2.75, 3.05) is 0 Å². The van der Waals surface area contributed by atoms with Crippen molar-refractivity contribution in [1.29, 1.82) is 0 Å². The lowest BCUT2D eigenvalue weighted by molar-refractivity contribution is 0.619. The fourth-order valence-corrected chi connectivity index (χ4v) is 1.84. The molecule has 0 atom stereocenters. The van der Waals surface area contributed by atoms with Gasteiger partial charge in [-0.3, -0.25) is 0 Å². The highest BCUT2D eigenvalue weighted by molar-refractivity contribution is 7.05. The van der Waals surface area contributed by atoms with Gasteiger partial charge >= 0.3 is 0 Å². The smallest absolute Gasteiger partial charge is 0.126 e. The third-order valence-electron chi connectivity index (χ3n) is 2.19. The van der Waals surface area contributed by atoms with Crippen LogP contribution >= 0.6 is 11.5 Å². The van der Waals surface area contributed by atoms with Gasteiger partial charge in [0.25, 0.3) is 0 Å². The van der Waals surface area contributed by atoms with Gasteiger partial charge in [0, 0.05) is 12.1 Å². The second kappa shape index (κ2) is 4.04. The maximum Gasteiger partial charge on any atom is 0.126 e. The van der Waals surface area contributed by atoms with Crippen LogP contribution < -0.4 is 5.73 Å². The lowest BCUT2D eigenvalue weighted by Crippen LogP contribution is -1.96. The van der Waals surface area contributed by atoms with Gasteiger partial charge in [0.1, 0.15) is 11.5 Å². The van der Waals surface area contributed by atoms with E-state index in [0.717, 1.165) is 10.4 Å². The Kier molecular flexibility index (Phi) is 2.75. The third-order valence-corrected chi connectivity index (χ3v) is 2.93. The van der Waals surface area contributed by atoms with E-state index in [1.54, 1.807) is 13.0 Å². The van der Waals surface area contributed by atoms with Crippen LogP contribution in [0.4, 0.5) is 4.39 Å². The summed E-state index contributed by atoms with van der Waals surface area (Å²) >= 11 is 1.25. The second-order valence-corrected chi connectivity index (χ2v) is 4.05. The van der Waals surface area contributed by atoms with Gasteiger partial charge in [-0.2, -0.15) is 0 Å². The van der Waals surface area contributed by atoms with Crippen molar-refractivity contribution in [1.82, 2.24) is 9.59 Å². The second-order valence-electron chi connectivity index (χ2n) is 3.21. The molecule has 2 aromatic rings. The first kappa shape index (κ1) is 10.2. The summed E-state index contributed by atoms with van der Waals surface area (Å²) in [6, 6.07) is 5.02. The predicted octanol–water partition coefficient (Wildman–Crippen LogP) is 2.11. The van der Waals surface area contributed by atoms with E-state index < -0.39 is 0 Å². The molecule has 0 fully saturated rings. The minimum Gasteiger partial charge on any atom is -0.326 e. The zero-order valence-electron chi connectivity index (χ0n) is 8.20. The molecular weight excluding hydrogens is 213 g/mol. The van der Waals surface area contributed by atoms with E-state index in [4.69, 9.17) is 5.73 Å². The summed E-state index contributed by atoms with van der Waals surface area (Å²) < 4.78 is 17.1. The molecule has 0 radical (unpaired) electrons. The Morgan fingerprint density at radius 3 is 2.93 bits per heavy atom. The van der Waals surface area contributed by atoms with Crippen LogP contribution in [0.5, 0.6) is 0 Å². The van der Waals surface area contributed by atoms with Crippen molar-refractivity contribution in [3.05, 3.63) is 34.5 Å². The minimum atomic E-state index is -0.233. The van der Waals surface area contributed by atoms with Gasteiger partial charge in [-0.15, -0.1) is 5.10 Å². The van der Waals surface area contributed by atoms with Gasteiger partial charge in [0.15, 0.2) is 0 Å². The van der Waals surface area contributed by atoms with Crippen LogP contribution in [-0.2, 0) is 6.54 Å². The molecule has 5 heteroatoms. The van der Waals surface area contributed by atoms with E-state index in [1.807, 2.05) is 6.07 Å². The molecule has 0 bridgehead atoms. The fraction of sp³-hybridized carbons (Fsp3) is 0.200. The number of aromatic nitrogens is 2. The van der Waals surface area contributed by atoms with E-state index in [9.17, 15) is 4.39 Å². The van der Waals surface area contributed by atoms with Crippen molar-refractivity contribution in [3.63, 3.8) is 0 Å². The summed E-state index contributed by atoms with van der Waals surface area (Å²) in [6.07, 6.45) is 0. The van der Waals surface area contributed by atoms with Crippen LogP contribution in [0.3, 0.4) is 0 Å². The molecule has 0 amide bonds. The molecule has 0 saturated heterocycles. The molecule has 2 N–H and O–H groups in total. The molecule has 0 aliphatic rings. The van der Waals surface area contributed by atoms with Crippen molar-refractivity contribution < 1.29 is 4.39 Å². The van der Waals surface area contributed by atoms with Gasteiger partial charge in [-0.05, 0) is 30.1 Å². The fourth-order valence-electron chi connectivity index (χ4n) is 1.30. The first-order valence-electron chi connectivity index (χ1n) is 4.50. The number of aryl methyl sites for hydroxylation is 1. The molecule has 3 nitrogen and oxygen atoms in total. The summed E-state index contributed by atoms with van der Waals surface area (Å²) in [5.74, 6) is -0.233. The number of hydrogen-bond acceptors (Lipinski definition) is 4. The average Bonchev–Trinajstić information content (AvgIpc) is 2.70. The SMILES string of the molecule is Cc1ccc(-c2nnsc2CN)cc1F. The molecule has 15 heavy (non-hydrogen) atoms. The Hall–Kier alpha value is -1.33. The topological polar surface area (TPSA) is 51.8 Å². The number of benzene rings is 1. The Morgan fingerprint density at radius 1 is 1.47 bits per heavy atom. The summed E-state index contributed by atoms with van der Waals surface area (Å²) in [5, 5.41) is 3.95. The number of rotatable bonds is 2. The summed E-state index contributed by atoms with van der Waals surface area (Å²) in [5.41, 5.74) is 7.57. The van der Waals surface area contributed by atoms with Crippen molar-refractivity contribution >= 4 is 11.5 Å². The van der Waals surface area contributed by atoms with Crippen LogP contribution in [0.15, 0.2) is 18.2 Å². The standard InChI is InChI=1S/C10H10FN3S/c1-6-2-3-7(4-8(6)11)10-9(5-12)15-14-13-10/h2-4H,5,12H2,1H3. The van der Waals surface area contributed by atoms with Crippen LogP contribution in [0.25, 0.3) is 11.3 Å². The van der Waals surface area contributed by atoms with E-state index in [-0.39, 0.29) is 5.82 Å². The molecule has 0 aliphatic heterocycles. The first-order valence-corrected chi connectivity index (χ1v) is 5.27. The van der Waals surface area contributed by atoms with Gasteiger partial charge in [-0.1, -0.05) is 16.6 Å². The highest BCUT2D eigenvalue weighted by Gasteiger charge is 2.10. The average molecular weight is 223 g/mol. The molecule has 1 heterocycles. The highest BCUT2D eigenvalue weighted by Crippen LogP contribution is 2.24. The Labute approximate surface area is 90.9 Å². The molecule has 0 saturated carbocycles. The monoisotopic (exact) mass is 223 g/mol. The van der Waals surface area contributed by atoms with Crippen LogP contribution in [0.2, 0.25) is 0 Å². The third kappa shape index (κ3) is 1.88. The van der Waals surface area contributed by atoms with Gasteiger partial charge in [0.05, 0.1) is 4.88 Å². The van der Waals surface area contributed by atoms with Crippen LogP contribution in [0, 0.1) is 12.7 Å². The molecule has 78 valence electrons. The van der Waals surface area contributed by atoms with Gasteiger partial charge in [-0.25, -0.2) is 4.39 Å². The molecule has 2 rings (SSSR count). The Balaban J connectivity index is 2.50. The van der Waals surface area contributed by atoms with Gasteiger partial charge < -0.3 is 5.73 Å². The Bertz CT molecular complexity index is 481. The number of nitrogens with two attached hydrogens (primary N) is 1. The van der Waals surface area contributed by atoms with E-state index in [0.29, 0.717) is 17.8 Å². The van der Waals surface area contributed by atoms with Crippen LogP contribution in [0.1, 0.15) is 10.4 Å². The molecular formula is C10H10FN3S. The molecule has 0 unspecified atom stereocenters. The van der Waals surface area contributed by atoms with Crippen molar-refractivity contribution in [2.24, 2.45) is 5.73 Å². The summed E-state index contributed by atoms with van der Waals surface area (Å²) in [7, 11) is 0. The lowest BCUT2D eigenvalue weighted by Gasteiger charge is -2.01. The lowest BCUT2D eigenvalue weighted by atomic mass is 10.1. The molecule has 1 aromatic heterocycles. The maximum atomic E-state index is 13.3. The summed E-state index contributed by atoms with van der Waals surface area (Å²) in [4.78, 5) is 0.873. The quantitative estimate of drug-likeness (QED) is 0.848. The number of halogens is 1. The number of hydrogen-bond donors (Lipinski definition) is 1. The number of nitrogens with zero attached hydrogens (tertiary/aromatic N) is 2. The maximum absolute atomic E-state index is 13.3. The van der Waals surface area contributed by atoms with Gasteiger partial charge in [0.2, 0.25) is 0 Å². The van der Waals surface area contributed by atoms with E-state index in [1.165, 1.54) is 17.6 Å².